The van der Waals surface area contributed by atoms with Crippen LogP contribution in [0.25, 0.3) is 6.08 Å². The van der Waals surface area contributed by atoms with Crippen LogP contribution in [0.3, 0.4) is 0 Å². The minimum absolute atomic E-state index is 0.0201. The topological polar surface area (TPSA) is 78.9 Å². The summed E-state index contributed by atoms with van der Waals surface area (Å²) in [6.07, 6.45) is 1.47. The van der Waals surface area contributed by atoms with Crippen molar-refractivity contribution >= 4 is 63.5 Å². The van der Waals surface area contributed by atoms with E-state index >= 15 is 0 Å². The lowest BCUT2D eigenvalue weighted by atomic mass is 10.1. The molecular weight excluding hydrogens is 491 g/mol. The maximum absolute atomic E-state index is 13.1. The van der Waals surface area contributed by atoms with E-state index < -0.39 is 11.8 Å². The number of carbonyl (C=O) groups is 2. The van der Waals surface area contributed by atoms with Gasteiger partial charge in [0.1, 0.15) is 5.57 Å². The lowest BCUT2D eigenvalue weighted by Gasteiger charge is -2.30. The molecule has 0 spiro atoms. The minimum Gasteiger partial charge on any atom is -0.504 e. The van der Waals surface area contributed by atoms with Crippen molar-refractivity contribution in [2.24, 2.45) is 0 Å². The molecule has 0 aromatic heterocycles. The summed E-state index contributed by atoms with van der Waals surface area (Å²) in [5.74, 6) is -0.770. The van der Waals surface area contributed by atoms with Crippen LogP contribution >= 0.6 is 34.8 Å². The van der Waals surface area contributed by atoms with Crippen LogP contribution in [0, 0.1) is 10.5 Å². The summed E-state index contributed by atoms with van der Waals surface area (Å²) in [4.78, 5) is 26.9. The van der Waals surface area contributed by atoms with E-state index in [-0.39, 0.29) is 22.2 Å². The zero-order valence-electron chi connectivity index (χ0n) is 15.2. The molecule has 2 amide bonds. The van der Waals surface area contributed by atoms with Gasteiger partial charge in [-0.3, -0.25) is 19.8 Å². The van der Waals surface area contributed by atoms with Crippen molar-refractivity contribution in [3.05, 3.63) is 56.7 Å². The highest BCUT2D eigenvalue weighted by Gasteiger charge is 2.35. The predicted molar refractivity (Wildman–Crippen MR) is 119 cm³/mol. The average Bonchev–Trinajstić information content (AvgIpc) is 2.64. The molecule has 0 bridgehead atoms. The highest BCUT2D eigenvalue weighted by atomic mass is 127. The number of carbonyl (C=O) groups excluding carboxylic acids is 2. The summed E-state index contributed by atoms with van der Waals surface area (Å²) < 4.78 is 5.97. The number of amides is 2. The summed E-state index contributed by atoms with van der Waals surface area (Å²) in [6.45, 7) is 4.04. The van der Waals surface area contributed by atoms with Crippen molar-refractivity contribution in [2.75, 3.05) is 11.5 Å². The van der Waals surface area contributed by atoms with E-state index in [0.29, 0.717) is 21.4 Å². The molecule has 1 aliphatic heterocycles. The van der Waals surface area contributed by atoms with Gasteiger partial charge in [0.25, 0.3) is 11.8 Å². The molecule has 2 N–H and O–H groups in total. The maximum Gasteiger partial charge on any atom is 0.270 e. The SMILES string of the molecule is CCOc1cc(/C=C2\C(=O)NC(=S)N(c3ccccc3C)C2=O)cc(I)c1O. The van der Waals surface area contributed by atoms with E-state index in [1.54, 1.807) is 31.2 Å². The normalized spacial score (nSPS) is 15.8. The molecule has 0 atom stereocenters. The number of nitrogens with zero attached hydrogens (tertiary/aromatic N) is 1. The first-order chi connectivity index (χ1) is 13.3. The van der Waals surface area contributed by atoms with E-state index in [9.17, 15) is 14.7 Å². The molecule has 28 heavy (non-hydrogen) atoms. The summed E-state index contributed by atoms with van der Waals surface area (Å²) in [5, 5.41) is 12.7. The first-order valence-corrected chi connectivity index (χ1v) is 9.94. The summed E-state index contributed by atoms with van der Waals surface area (Å²) in [5.41, 5.74) is 1.97. The predicted octanol–water partition coefficient (Wildman–Crippen LogP) is 3.54. The van der Waals surface area contributed by atoms with Gasteiger partial charge in [0.2, 0.25) is 0 Å². The van der Waals surface area contributed by atoms with Crippen molar-refractivity contribution in [3.63, 3.8) is 0 Å². The van der Waals surface area contributed by atoms with Crippen LogP contribution in [0.4, 0.5) is 5.69 Å². The summed E-state index contributed by atoms with van der Waals surface area (Å²) in [7, 11) is 0. The maximum atomic E-state index is 13.1. The number of phenolic OH excluding ortho intramolecular Hbond substituents is 1. The standard InChI is InChI=1S/C20H17IN2O4S/c1-3-27-16-10-12(9-14(21)17(16)24)8-13-18(25)22-20(28)23(19(13)26)15-7-5-4-6-11(15)2/h4-10,24H,3H2,1-2H3,(H,22,25,28)/b13-8+. The molecule has 0 saturated carbocycles. The van der Waals surface area contributed by atoms with Crippen molar-refractivity contribution in [2.45, 2.75) is 13.8 Å². The van der Waals surface area contributed by atoms with E-state index in [2.05, 4.69) is 5.32 Å². The van der Waals surface area contributed by atoms with Gasteiger partial charge in [-0.15, -0.1) is 0 Å². The number of para-hydroxylation sites is 1. The number of phenols is 1. The third-order valence-electron chi connectivity index (χ3n) is 4.12. The number of benzene rings is 2. The van der Waals surface area contributed by atoms with Gasteiger partial charge < -0.3 is 9.84 Å². The Labute approximate surface area is 181 Å². The molecule has 8 heteroatoms. The Hall–Kier alpha value is -2.46. The molecule has 3 rings (SSSR count). The Morgan fingerprint density at radius 2 is 2.00 bits per heavy atom. The number of anilines is 1. The Morgan fingerprint density at radius 3 is 2.68 bits per heavy atom. The summed E-state index contributed by atoms with van der Waals surface area (Å²) >= 11 is 7.19. The van der Waals surface area contributed by atoms with Crippen LogP contribution in [-0.4, -0.2) is 28.6 Å². The highest BCUT2D eigenvalue weighted by Crippen LogP contribution is 2.34. The number of aromatic hydroxyl groups is 1. The fourth-order valence-corrected chi connectivity index (χ4v) is 3.70. The van der Waals surface area contributed by atoms with Gasteiger partial charge in [-0.2, -0.15) is 0 Å². The van der Waals surface area contributed by atoms with Gasteiger partial charge in [-0.25, -0.2) is 0 Å². The van der Waals surface area contributed by atoms with E-state index in [0.717, 1.165) is 5.56 Å². The number of rotatable bonds is 4. The third kappa shape index (κ3) is 3.88. The largest absolute Gasteiger partial charge is 0.504 e. The number of aryl methyl sites for hydroxylation is 1. The monoisotopic (exact) mass is 508 g/mol. The molecular formula is C20H17IN2O4S. The van der Waals surface area contributed by atoms with Gasteiger partial charge >= 0.3 is 0 Å². The lowest BCUT2D eigenvalue weighted by Crippen LogP contribution is -2.54. The lowest BCUT2D eigenvalue weighted by molar-refractivity contribution is -0.122. The molecule has 2 aromatic carbocycles. The smallest absolute Gasteiger partial charge is 0.270 e. The van der Waals surface area contributed by atoms with Crippen LogP contribution in [0.15, 0.2) is 42.0 Å². The van der Waals surface area contributed by atoms with Gasteiger partial charge in [0.15, 0.2) is 16.6 Å². The van der Waals surface area contributed by atoms with Crippen LogP contribution in [0.1, 0.15) is 18.1 Å². The van der Waals surface area contributed by atoms with Crippen LogP contribution < -0.4 is 15.0 Å². The molecule has 1 heterocycles. The number of ether oxygens (including phenoxy) is 1. The number of thiocarbonyl (C=S) groups is 1. The van der Waals surface area contributed by atoms with Crippen molar-refractivity contribution in [1.29, 1.82) is 0 Å². The van der Waals surface area contributed by atoms with E-state index in [1.807, 2.05) is 41.6 Å². The molecule has 0 unspecified atom stereocenters. The molecule has 1 saturated heterocycles. The Kier molecular flexibility index (Phi) is 5.99. The summed E-state index contributed by atoms with van der Waals surface area (Å²) in [6, 6.07) is 10.5. The number of nitrogens with one attached hydrogen (secondary N) is 1. The van der Waals surface area contributed by atoms with Gasteiger partial charge in [0.05, 0.1) is 15.9 Å². The second-order valence-corrected chi connectivity index (χ2v) is 7.58. The van der Waals surface area contributed by atoms with Crippen LogP contribution in [0.2, 0.25) is 0 Å². The number of hydrogen-bond acceptors (Lipinski definition) is 5. The molecule has 2 aromatic rings. The number of halogens is 1. The second-order valence-electron chi connectivity index (χ2n) is 6.03. The first-order valence-electron chi connectivity index (χ1n) is 8.46. The van der Waals surface area contributed by atoms with Crippen LogP contribution in [0.5, 0.6) is 11.5 Å². The fraction of sp³-hybridized carbons (Fsp3) is 0.150. The molecule has 144 valence electrons. The third-order valence-corrected chi connectivity index (χ3v) is 5.23. The molecule has 0 aliphatic carbocycles. The molecule has 1 fully saturated rings. The number of hydrogen-bond donors (Lipinski definition) is 2. The zero-order chi connectivity index (χ0) is 20.4. The second kappa shape index (κ2) is 8.27. The molecule has 6 nitrogen and oxygen atoms in total. The van der Waals surface area contributed by atoms with E-state index in [4.69, 9.17) is 17.0 Å². The van der Waals surface area contributed by atoms with Crippen molar-refractivity contribution in [3.8, 4) is 11.5 Å². The Morgan fingerprint density at radius 1 is 1.29 bits per heavy atom. The molecule has 1 aliphatic rings. The Bertz CT molecular complexity index is 1020. The zero-order valence-corrected chi connectivity index (χ0v) is 18.1. The van der Waals surface area contributed by atoms with Gasteiger partial charge in [-0.05, 0) is 84.1 Å². The average molecular weight is 508 g/mol. The Balaban J connectivity index is 2.06. The van der Waals surface area contributed by atoms with Gasteiger partial charge in [0, 0.05) is 0 Å². The minimum atomic E-state index is -0.569. The van der Waals surface area contributed by atoms with Crippen molar-refractivity contribution in [1.82, 2.24) is 5.32 Å². The van der Waals surface area contributed by atoms with E-state index in [1.165, 1.54) is 11.0 Å². The van der Waals surface area contributed by atoms with Crippen molar-refractivity contribution < 1.29 is 19.4 Å². The quantitative estimate of drug-likeness (QED) is 0.286. The fourth-order valence-electron chi connectivity index (χ4n) is 2.80. The highest BCUT2D eigenvalue weighted by molar-refractivity contribution is 14.1. The van der Waals surface area contributed by atoms with Gasteiger partial charge in [-0.1, -0.05) is 18.2 Å². The molecule has 0 radical (unpaired) electrons. The first kappa shape index (κ1) is 20.3. The van der Waals surface area contributed by atoms with Crippen LogP contribution in [-0.2, 0) is 9.59 Å².